The van der Waals surface area contributed by atoms with E-state index in [4.69, 9.17) is 0 Å². The minimum atomic E-state index is -0.304. The van der Waals surface area contributed by atoms with Gasteiger partial charge in [0, 0.05) is 71.4 Å². The van der Waals surface area contributed by atoms with Crippen molar-refractivity contribution in [3.8, 4) is 0 Å². The van der Waals surface area contributed by atoms with E-state index in [1.54, 1.807) is 0 Å². The molecule has 3 aromatic carbocycles. The fraction of sp³-hybridized carbons (Fsp3) is 0.294. The number of piperidine rings is 1. The maximum Gasteiger partial charge on any atom is 0.228 e. The molecule has 6 nitrogen and oxygen atoms in total. The highest BCUT2D eigenvalue weighted by Crippen LogP contribution is 2.47. The van der Waals surface area contributed by atoms with Crippen LogP contribution >= 0.6 is 0 Å². The smallest absolute Gasteiger partial charge is 0.228 e. The molecule has 5 aromatic rings. The van der Waals surface area contributed by atoms with Gasteiger partial charge in [0.1, 0.15) is 0 Å². The van der Waals surface area contributed by atoms with Gasteiger partial charge in [-0.05, 0) is 61.6 Å². The van der Waals surface area contributed by atoms with Crippen molar-refractivity contribution in [3.63, 3.8) is 0 Å². The maximum absolute atomic E-state index is 13.8. The zero-order valence-electron chi connectivity index (χ0n) is 23.0. The second kappa shape index (κ2) is 9.40. The van der Waals surface area contributed by atoms with E-state index in [-0.39, 0.29) is 29.6 Å². The number of benzene rings is 3. The van der Waals surface area contributed by atoms with Gasteiger partial charge in [0.2, 0.25) is 11.8 Å². The van der Waals surface area contributed by atoms with E-state index in [0.717, 1.165) is 35.1 Å². The van der Waals surface area contributed by atoms with Gasteiger partial charge in [0.05, 0.1) is 5.92 Å². The molecule has 0 saturated carbocycles. The van der Waals surface area contributed by atoms with Crippen LogP contribution in [0.2, 0.25) is 0 Å². The third-order valence-electron chi connectivity index (χ3n) is 9.26. The first-order valence-electron chi connectivity index (χ1n) is 14.2. The van der Waals surface area contributed by atoms with E-state index in [2.05, 4.69) is 83.9 Å². The molecule has 6 heteroatoms. The summed E-state index contributed by atoms with van der Waals surface area (Å²) in [5.74, 6) is -0.164. The molecule has 1 unspecified atom stereocenters. The third-order valence-corrected chi connectivity index (χ3v) is 9.26. The fourth-order valence-electron chi connectivity index (χ4n) is 7.20. The van der Waals surface area contributed by atoms with Crippen molar-refractivity contribution in [1.82, 2.24) is 14.9 Å². The lowest BCUT2D eigenvalue weighted by atomic mass is 9.67. The Labute approximate surface area is 234 Å². The number of para-hydroxylation sites is 2. The molecule has 2 aliphatic heterocycles. The van der Waals surface area contributed by atoms with Gasteiger partial charge in [-0.1, -0.05) is 54.1 Å². The van der Waals surface area contributed by atoms with Crippen LogP contribution in [-0.4, -0.2) is 46.3 Å². The molecule has 0 radical (unpaired) electrons. The number of hydrogen-bond acceptors (Lipinski definition) is 2. The number of hydrogen-bond donors (Lipinski definition) is 2. The van der Waals surface area contributed by atoms with Gasteiger partial charge in [-0.15, -0.1) is 0 Å². The minimum Gasteiger partial charge on any atom is -0.361 e. The molecule has 0 aliphatic carbocycles. The molecule has 2 aliphatic rings. The Kier molecular flexibility index (Phi) is 5.81. The number of fused-ring (bicyclic) bond motifs is 2. The van der Waals surface area contributed by atoms with Crippen molar-refractivity contribution in [2.75, 3.05) is 24.5 Å². The molecule has 0 bridgehead atoms. The first-order chi connectivity index (χ1) is 19.4. The maximum atomic E-state index is 13.8. The van der Waals surface area contributed by atoms with E-state index < -0.39 is 0 Å². The van der Waals surface area contributed by atoms with E-state index in [1.807, 2.05) is 28.9 Å². The highest BCUT2D eigenvalue weighted by atomic mass is 16.2. The van der Waals surface area contributed by atoms with Gasteiger partial charge in [-0.25, -0.2) is 0 Å². The van der Waals surface area contributed by atoms with Crippen molar-refractivity contribution in [3.05, 3.63) is 101 Å². The molecule has 7 rings (SSSR count). The van der Waals surface area contributed by atoms with E-state index in [0.29, 0.717) is 19.6 Å². The second-order valence-electron chi connectivity index (χ2n) is 11.6. The summed E-state index contributed by atoms with van der Waals surface area (Å²) in [5.41, 5.74) is 7.77. The number of nitrogens with zero attached hydrogens (tertiary/aromatic N) is 2. The number of aryl methyl sites for hydroxylation is 2. The summed E-state index contributed by atoms with van der Waals surface area (Å²) >= 11 is 0. The number of aromatic nitrogens is 2. The Hall–Kier alpha value is -4.32. The number of amides is 2. The zero-order valence-corrected chi connectivity index (χ0v) is 23.0. The molecule has 1 atom stereocenters. The van der Waals surface area contributed by atoms with E-state index >= 15 is 0 Å². The molecule has 2 amide bonds. The molecular weight excluding hydrogens is 496 g/mol. The Morgan fingerprint density at radius 1 is 0.850 bits per heavy atom. The fourth-order valence-corrected chi connectivity index (χ4v) is 7.20. The zero-order chi connectivity index (χ0) is 27.4. The standard InChI is InChI=1S/C34H34N4O2/c1-22-11-12-31(23(2)17-22)38-21-24(18-32(38)39)33(40)37-15-13-34(14-16-37,27-19-35-29-9-5-3-7-25(27)29)28-20-36-30-10-6-4-8-26(28)30/h3-12,17,19-20,24,35-36H,13-16,18,21H2,1-2H3. The van der Waals surface area contributed by atoms with Crippen LogP contribution in [0.15, 0.2) is 79.1 Å². The molecule has 2 aromatic heterocycles. The second-order valence-corrected chi connectivity index (χ2v) is 11.6. The van der Waals surface area contributed by atoms with Crippen LogP contribution in [0, 0.1) is 19.8 Å². The SMILES string of the molecule is Cc1ccc(N2CC(C(=O)N3CCC(c4c[nH]c5ccccc45)(c4c[nH]c5ccccc45)CC3)CC2=O)c(C)c1. The lowest BCUT2D eigenvalue weighted by molar-refractivity contribution is -0.137. The van der Waals surface area contributed by atoms with Crippen molar-refractivity contribution in [1.29, 1.82) is 0 Å². The predicted octanol–water partition coefficient (Wildman–Crippen LogP) is 6.23. The number of aromatic amines is 2. The number of nitrogens with one attached hydrogen (secondary N) is 2. The number of carbonyl (C=O) groups excluding carboxylic acids is 2. The number of H-pyrrole nitrogens is 2. The van der Waals surface area contributed by atoms with Crippen LogP contribution in [0.1, 0.15) is 41.5 Å². The quantitative estimate of drug-likeness (QED) is 0.289. The van der Waals surface area contributed by atoms with Gasteiger partial charge in [-0.3, -0.25) is 9.59 Å². The summed E-state index contributed by atoms with van der Waals surface area (Å²) in [6.45, 7) is 5.86. The van der Waals surface area contributed by atoms with Crippen LogP contribution in [0.3, 0.4) is 0 Å². The summed E-state index contributed by atoms with van der Waals surface area (Å²) in [5, 5.41) is 2.47. The highest BCUT2D eigenvalue weighted by molar-refractivity contribution is 6.01. The highest BCUT2D eigenvalue weighted by Gasteiger charge is 2.44. The van der Waals surface area contributed by atoms with Gasteiger partial charge < -0.3 is 19.8 Å². The average Bonchev–Trinajstić information content (AvgIpc) is 3.70. The number of likely N-dealkylation sites (tertiary alicyclic amines) is 1. The average molecular weight is 531 g/mol. The summed E-state index contributed by atoms with van der Waals surface area (Å²) in [7, 11) is 0. The van der Waals surface area contributed by atoms with Gasteiger partial charge >= 0.3 is 0 Å². The number of carbonyl (C=O) groups is 2. The van der Waals surface area contributed by atoms with Gasteiger partial charge in [-0.2, -0.15) is 0 Å². The van der Waals surface area contributed by atoms with Crippen molar-refractivity contribution in [2.45, 2.75) is 38.5 Å². The lowest BCUT2D eigenvalue weighted by Gasteiger charge is -2.43. The number of rotatable bonds is 4. The first kappa shape index (κ1) is 24.7. The molecule has 202 valence electrons. The van der Waals surface area contributed by atoms with Crippen LogP contribution in [0.25, 0.3) is 21.8 Å². The van der Waals surface area contributed by atoms with Crippen LogP contribution < -0.4 is 4.90 Å². The first-order valence-corrected chi connectivity index (χ1v) is 14.2. The number of anilines is 1. The van der Waals surface area contributed by atoms with Crippen molar-refractivity contribution < 1.29 is 9.59 Å². The summed E-state index contributed by atoms with van der Waals surface area (Å²) in [6.07, 6.45) is 6.26. The summed E-state index contributed by atoms with van der Waals surface area (Å²) in [6, 6.07) is 23.1. The third kappa shape index (κ3) is 3.85. The topological polar surface area (TPSA) is 72.2 Å². The normalized spacial score (nSPS) is 19.1. The minimum absolute atomic E-state index is 0.0363. The Morgan fingerprint density at radius 2 is 1.45 bits per heavy atom. The molecule has 0 spiro atoms. The summed E-state index contributed by atoms with van der Waals surface area (Å²) in [4.78, 5) is 37.6. The van der Waals surface area contributed by atoms with Crippen molar-refractivity contribution in [2.24, 2.45) is 5.92 Å². The van der Waals surface area contributed by atoms with Crippen LogP contribution in [-0.2, 0) is 15.0 Å². The predicted molar refractivity (Wildman–Crippen MR) is 160 cm³/mol. The Balaban J connectivity index is 1.18. The Bertz CT molecular complexity index is 1680. The van der Waals surface area contributed by atoms with E-state index in [9.17, 15) is 9.59 Å². The molecule has 40 heavy (non-hydrogen) atoms. The monoisotopic (exact) mass is 530 g/mol. The molecule has 2 saturated heterocycles. The van der Waals surface area contributed by atoms with Crippen LogP contribution in [0.4, 0.5) is 5.69 Å². The summed E-state index contributed by atoms with van der Waals surface area (Å²) < 4.78 is 0. The molecule has 2 N–H and O–H groups in total. The molecular formula is C34H34N4O2. The Morgan fingerprint density at radius 3 is 2.05 bits per heavy atom. The molecule has 2 fully saturated rings. The molecule has 4 heterocycles. The van der Waals surface area contributed by atoms with Crippen molar-refractivity contribution >= 4 is 39.3 Å². The largest absolute Gasteiger partial charge is 0.361 e. The van der Waals surface area contributed by atoms with Crippen LogP contribution in [0.5, 0.6) is 0 Å². The van der Waals surface area contributed by atoms with Gasteiger partial charge in [0.15, 0.2) is 0 Å². The van der Waals surface area contributed by atoms with E-state index in [1.165, 1.54) is 27.5 Å². The lowest BCUT2D eigenvalue weighted by Crippen LogP contribution is -2.47. The van der Waals surface area contributed by atoms with Gasteiger partial charge in [0.25, 0.3) is 0 Å².